The van der Waals surface area contributed by atoms with Gasteiger partial charge in [-0.3, -0.25) is 4.99 Å². The predicted octanol–water partition coefficient (Wildman–Crippen LogP) is 0.0907. The maximum Gasteiger partial charge on any atom is 0.193 e. The summed E-state index contributed by atoms with van der Waals surface area (Å²) in [6.45, 7) is 7.34. The van der Waals surface area contributed by atoms with Gasteiger partial charge in [-0.2, -0.15) is 0 Å². The minimum absolute atomic E-state index is 0.199. The van der Waals surface area contributed by atoms with Gasteiger partial charge in [0.05, 0.1) is 10.5 Å². The topological polar surface area (TPSA) is 61.8 Å². The predicted molar refractivity (Wildman–Crippen MR) is 66.5 cm³/mol. The van der Waals surface area contributed by atoms with Gasteiger partial charge in [0.1, 0.15) is 0 Å². The smallest absolute Gasteiger partial charge is 0.193 e. The fraction of sp³-hybridized carbons (Fsp3) is 0.900. The molecule has 0 amide bonds. The Kier molecular flexibility index (Phi) is 3.83. The maximum atomic E-state index is 11.8. The summed E-state index contributed by atoms with van der Waals surface area (Å²) in [5.74, 6) is 0.982. The molecule has 0 aliphatic carbocycles. The van der Waals surface area contributed by atoms with E-state index in [0.29, 0.717) is 13.1 Å². The summed E-state index contributed by atoms with van der Waals surface area (Å²) in [5.41, 5.74) is 0. The van der Waals surface area contributed by atoms with Crippen molar-refractivity contribution in [3.8, 4) is 0 Å². The van der Waals surface area contributed by atoms with Gasteiger partial charge in [-0.05, 0) is 20.8 Å². The fourth-order valence-electron chi connectivity index (χ4n) is 1.81. The van der Waals surface area contributed by atoms with Gasteiger partial charge in [0.25, 0.3) is 0 Å². The van der Waals surface area contributed by atoms with Crippen molar-refractivity contribution in [3.63, 3.8) is 0 Å². The minimum atomic E-state index is -2.98. The second-order valence-corrected chi connectivity index (χ2v) is 7.32. The molecule has 1 heterocycles. The van der Waals surface area contributed by atoms with Crippen LogP contribution in [0.4, 0.5) is 0 Å². The molecule has 94 valence electrons. The number of aliphatic imine (C=N–C) groups is 1. The lowest BCUT2D eigenvalue weighted by molar-refractivity contribution is 0.354. The summed E-state index contributed by atoms with van der Waals surface area (Å²) in [5, 5.41) is 3.15. The lowest BCUT2D eigenvalue weighted by Gasteiger charge is -2.39. The number of hydrogen-bond donors (Lipinski definition) is 1. The van der Waals surface area contributed by atoms with Gasteiger partial charge < -0.3 is 10.2 Å². The molecule has 0 aromatic heterocycles. The first-order chi connectivity index (χ1) is 7.34. The molecule has 0 aromatic carbocycles. The van der Waals surface area contributed by atoms with E-state index >= 15 is 0 Å². The highest BCUT2D eigenvalue weighted by Crippen LogP contribution is 2.23. The first-order valence-electron chi connectivity index (χ1n) is 5.52. The van der Waals surface area contributed by atoms with E-state index in [0.717, 1.165) is 12.5 Å². The van der Waals surface area contributed by atoms with E-state index in [1.165, 1.54) is 0 Å². The molecule has 0 atom stereocenters. The van der Waals surface area contributed by atoms with Crippen LogP contribution in [0.2, 0.25) is 0 Å². The Morgan fingerprint density at radius 1 is 1.50 bits per heavy atom. The van der Waals surface area contributed by atoms with Gasteiger partial charge in [0.15, 0.2) is 15.8 Å². The van der Waals surface area contributed by atoms with Gasteiger partial charge in [-0.1, -0.05) is 0 Å². The molecule has 1 aliphatic rings. The third-order valence-corrected chi connectivity index (χ3v) is 5.42. The summed E-state index contributed by atoms with van der Waals surface area (Å²) >= 11 is 0. The third kappa shape index (κ3) is 2.48. The van der Waals surface area contributed by atoms with Crippen LogP contribution in [0.5, 0.6) is 0 Å². The molecular weight excluding hydrogens is 226 g/mol. The second-order valence-electron chi connectivity index (χ2n) is 4.58. The van der Waals surface area contributed by atoms with Crippen LogP contribution in [0.25, 0.3) is 0 Å². The molecule has 1 aliphatic heterocycles. The standard InChI is InChI=1S/C10H21N3O2S/c1-5-12-9(11-4)13-6-7-16(14,15)10(2,3)8-13/h5-8H2,1-4H3,(H,11,12). The number of nitrogens with one attached hydrogen (secondary N) is 1. The van der Waals surface area contributed by atoms with Crippen LogP contribution in [0.15, 0.2) is 4.99 Å². The third-order valence-electron chi connectivity index (χ3n) is 2.89. The molecule has 1 saturated heterocycles. The Hall–Kier alpha value is -0.780. The number of sulfone groups is 1. The number of hydrogen-bond acceptors (Lipinski definition) is 3. The van der Waals surface area contributed by atoms with E-state index in [9.17, 15) is 8.42 Å². The van der Waals surface area contributed by atoms with Crippen LogP contribution in [-0.4, -0.2) is 56.5 Å². The average molecular weight is 247 g/mol. The Balaban J connectivity index is 2.83. The SMILES string of the molecule is CCNC(=NC)N1CCS(=O)(=O)C(C)(C)C1. The molecule has 0 unspecified atom stereocenters. The summed E-state index contributed by atoms with van der Waals surface area (Å²) in [6.07, 6.45) is 0. The van der Waals surface area contributed by atoms with Crippen molar-refractivity contribution < 1.29 is 8.42 Å². The molecule has 16 heavy (non-hydrogen) atoms. The molecule has 1 rings (SSSR count). The fourth-order valence-corrected chi connectivity index (χ4v) is 3.18. The molecule has 0 radical (unpaired) electrons. The van der Waals surface area contributed by atoms with E-state index in [1.54, 1.807) is 20.9 Å². The summed E-state index contributed by atoms with van der Waals surface area (Å²) in [6, 6.07) is 0. The maximum absolute atomic E-state index is 11.8. The quantitative estimate of drug-likeness (QED) is 0.527. The average Bonchev–Trinajstić information content (AvgIpc) is 2.19. The van der Waals surface area contributed by atoms with Crippen LogP contribution in [0, 0.1) is 0 Å². The van der Waals surface area contributed by atoms with Crippen molar-refractivity contribution in [1.82, 2.24) is 10.2 Å². The van der Waals surface area contributed by atoms with Gasteiger partial charge in [0, 0.05) is 26.7 Å². The highest BCUT2D eigenvalue weighted by Gasteiger charge is 2.40. The molecular formula is C10H21N3O2S. The molecule has 1 fully saturated rings. The van der Waals surface area contributed by atoms with E-state index in [1.807, 2.05) is 11.8 Å². The zero-order chi connectivity index (χ0) is 12.4. The van der Waals surface area contributed by atoms with Crippen molar-refractivity contribution in [2.75, 3.05) is 32.4 Å². The summed E-state index contributed by atoms with van der Waals surface area (Å²) in [7, 11) is -1.26. The molecule has 6 heteroatoms. The highest BCUT2D eigenvalue weighted by atomic mass is 32.2. The van der Waals surface area contributed by atoms with Crippen LogP contribution >= 0.6 is 0 Å². The summed E-state index contributed by atoms with van der Waals surface area (Å²) < 4.78 is 23.0. The molecule has 0 bridgehead atoms. The van der Waals surface area contributed by atoms with Crippen molar-refractivity contribution in [1.29, 1.82) is 0 Å². The van der Waals surface area contributed by atoms with Gasteiger partial charge >= 0.3 is 0 Å². The van der Waals surface area contributed by atoms with Gasteiger partial charge in [0.2, 0.25) is 0 Å². The van der Waals surface area contributed by atoms with Crippen molar-refractivity contribution in [3.05, 3.63) is 0 Å². The normalized spacial score (nSPS) is 24.2. The monoisotopic (exact) mass is 247 g/mol. The first kappa shape index (κ1) is 13.3. The Labute approximate surface area is 97.8 Å². The van der Waals surface area contributed by atoms with E-state index < -0.39 is 14.6 Å². The highest BCUT2D eigenvalue weighted by molar-refractivity contribution is 7.92. The lowest BCUT2D eigenvalue weighted by Crippen LogP contribution is -2.57. The van der Waals surface area contributed by atoms with Crippen LogP contribution < -0.4 is 5.32 Å². The molecule has 5 nitrogen and oxygen atoms in total. The minimum Gasteiger partial charge on any atom is -0.357 e. The first-order valence-corrected chi connectivity index (χ1v) is 7.17. The van der Waals surface area contributed by atoms with Crippen molar-refractivity contribution >= 4 is 15.8 Å². The zero-order valence-corrected chi connectivity index (χ0v) is 11.3. The number of nitrogens with zero attached hydrogens (tertiary/aromatic N) is 2. The van der Waals surface area contributed by atoms with E-state index in [-0.39, 0.29) is 5.75 Å². The van der Waals surface area contributed by atoms with Gasteiger partial charge in [-0.25, -0.2) is 8.42 Å². The molecule has 0 aromatic rings. The molecule has 1 N–H and O–H groups in total. The Morgan fingerprint density at radius 3 is 2.56 bits per heavy atom. The second kappa shape index (κ2) is 4.61. The van der Waals surface area contributed by atoms with Crippen LogP contribution in [-0.2, 0) is 9.84 Å². The summed E-state index contributed by atoms with van der Waals surface area (Å²) in [4.78, 5) is 6.16. The van der Waals surface area contributed by atoms with Crippen LogP contribution in [0.3, 0.4) is 0 Å². The largest absolute Gasteiger partial charge is 0.357 e. The number of guanidine groups is 1. The van der Waals surface area contributed by atoms with Crippen LogP contribution in [0.1, 0.15) is 20.8 Å². The van der Waals surface area contributed by atoms with Crippen molar-refractivity contribution in [2.24, 2.45) is 4.99 Å². The number of rotatable bonds is 1. The van der Waals surface area contributed by atoms with Gasteiger partial charge in [-0.15, -0.1) is 0 Å². The molecule has 0 saturated carbocycles. The Morgan fingerprint density at radius 2 is 2.12 bits per heavy atom. The lowest BCUT2D eigenvalue weighted by atomic mass is 10.2. The van der Waals surface area contributed by atoms with E-state index in [4.69, 9.17) is 0 Å². The van der Waals surface area contributed by atoms with Crippen molar-refractivity contribution in [2.45, 2.75) is 25.5 Å². The Bertz CT molecular complexity index is 374. The van der Waals surface area contributed by atoms with E-state index in [2.05, 4.69) is 10.3 Å². The molecule has 0 spiro atoms. The zero-order valence-electron chi connectivity index (χ0n) is 10.4.